The highest BCUT2D eigenvalue weighted by atomic mass is 16.2. The molecule has 2 atom stereocenters. The zero-order valence-corrected chi connectivity index (χ0v) is 12.0. The van der Waals surface area contributed by atoms with E-state index in [2.05, 4.69) is 22.9 Å². The molecule has 2 fully saturated rings. The van der Waals surface area contributed by atoms with E-state index >= 15 is 0 Å². The molecule has 2 heterocycles. The van der Waals surface area contributed by atoms with Gasteiger partial charge in [0.2, 0.25) is 5.91 Å². The van der Waals surface area contributed by atoms with E-state index in [1.165, 1.54) is 0 Å². The van der Waals surface area contributed by atoms with Gasteiger partial charge in [-0.1, -0.05) is 6.92 Å². The molecule has 0 bridgehead atoms. The van der Waals surface area contributed by atoms with Crippen LogP contribution in [-0.2, 0) is 9.59 Å². The second-order valence-corrected chi connectivity index (χ2v) is 5.60. The molecular weight excluding hydrogens is 260 g/mol. The van der Waals surface area contributed by atoms with E-state index in [1.807, 2.05) is 6.92 Å². The van der Waals surface area contributed by atoms with Gasteiger partial charge in [-0.25, -0.2) is 4.79 Å². The summed E-state index contributed by atoms with van der Waals surface area (Å²) in [7, 11) is 0. The molecule has 1 spiro atoms. The van der Waals surface area contributed by atoms with Crippen molar-refractivity contribution in [1.29, 1.82) is 0 Å². The van der Waals surface area contributed by atoms with E-state index in [0.717, 1.165) is 6.42 Å². The standard InChI is InChI=1S/C13H22N4O3/c1-3-9(2)14-7-10(18)17-6-4-5-13(8-17)11(19)15-12(20)16-13/h9,14H,3-8H2,1-2H3,(H2,15,16,19,20). The van der Waals surface area contributed by atoms with Crippen LogP contribution in [0.5, 0.6) is 0 Å². The fraction of sp³-hybridized carbons (Fsp3) is 0.769. The maximum atomic E-state index is 12.2. The number of hydrogen-bond acceptors (Lipinski definition) is 4. The van der Waals surface area contributed by atoms with E-state index in [1.54, 1.807) is 4.90 Å². The van der Waals surface area contributed by atoms with Gasteiger partial charge in [0, 0.05) is 12.6 Å². The topological polar surface area (TPSA) is 90.5 Å². The minimum atomic E-state index is -0.929. The van der Waals surface area contributed by atoms with Crippen molar-refractivity contribution in [3.05, 3.63) is 0 Å². The van der Waals surface area contributed by atoms with E-state index in [9.17, 15) is 14.4 Å². The van der Waals surface area contributed by atoms with Crippen molar-refractivity contribution < 1.29 is 14.4 Å². The highest BCUT2D eigenvalue weighted by Gasteiger charge is 2.49. The van der Waals surface area contributed by atoms with E-state index in [0.29, 0.717) is 19.4 Å². The lowest BCUT2D eigenvalue weighted by molar-refractivity contribution is -0.135. The lowest BCUT2D eigenvalue weighted by Gasteiger charge is -2.38. The molecule has 2 aliphatic rings. The lowest BCUT2D eigenvalue weighted by Crippen LogP contribution is -2.60. The highest BCUT2D eigenvalue weighted by molar-refractivity contribution is 6.07. The second-order valence-electron chi connectivity index (χ2n) is 5.60. The first-order chi connectivity index (χ1) is 9.47. The van der Waals surface area contributed by atoms with E-state index < -0.39 is 11.6 Å². The first-order valence-electron chi connectivity index (χ1n) is 7.11. The minimum absolute atomic E-state index is 0.0293. The average Bonchev–Trinajstić information content (AvgIpc) is 2.69. The number of piperidine rings is 1. The summed E-state index contributed by atoms with van der Waals surface area (Å²) in [6.45, 7) is 5.23. The third-order valence-corrected chi connectivity index (χ3v) is 4.07. The van der Waals surface area contributed by atoms with Crippen LogP contribution < -0.4 is 16.0 Å². The molecule has 2 rings (SSSR count). The number of nitrogens with one attached hydrogen (secondary N) is 3. The number of amides is 4. The predicted molar refractivity (Wildman–Crippen MR) is 73.0 cm³/mol. The second kappa shape index (κ2) is 5.78. The van der Waals surface area contributed by atoms with Gasteiger partial charge in [0.05, 0.1) is 13.1 Å². The van der Waals surface area contributed by atoms with Gasteiger partial charge in [0.25, 0.3) is 5.91 Å². The molecule has 112 valence electrons. The van der Waals surface area contributed by atoms with Crippen LogP contribution in [0, 0.1) is 0 Å². The zero-order chi connectivity index (χ0) is 14.8. The van der Waals surface area contributed by atoms with Crippen molar-refractivity contribution in [3.8, 4) is 0 Å². The van der Waals surface area contributed by atoms with Crippen LogP contribution in [0.4, 0.5) is 4.79 Å². The van der Waals surface area contributed by atoms with Crippen molar-refractivity contribution in [2.24, 2.45) is 0 Å². The maximum absolute atomic E-state index is 12.2. The van der Waals surface area contributed by atoms with Crippen molar-refractivity contribution in [1.82, 2.24) is 20.9 Å². The van der Waals surface area contributed by atoms with Gasteiger partial charge in [-0.15, -0.1) is 0 Å². The maximum Gasteiger partial charge on any atom is 0.322 e. The summed E-state index contributed by atoms with van der Waals surface area (Å²) in [5.41, 5.74) is -0.929. The van der Waals surface area contributed by atoms with Gasteiger partial charge in [-0.05, 0) is 26.2 Å². The quantitative estimate of drug-likeness (QED) is 0.611. The summed E-state index contributed by atoms with van der Waals surface area (Å²) in [5, 5.41) is 8.07. The Hall–Kier alpha value is -1.63. The number of carbonyl (C=O) groups is 3. The van der Waals surface area contributed by atoms with Gasteiger partial charge in [-0.2, -0.15) is 0 Å². The average molecular weight is 282 g/mol. The molecule has 2 saturated heterocycles. The van der Waals surface area contributed by atoms with E-state index in [-0.39, 0.29) is 30.9 Å². The Kier molecular flexibility index (Phi) is 4.27. The Morgan fingerprint density at radius 2 is 2.25 bits per heavy atom. The molecule has 0 saturated carbocycles. The minimum Gasteiger partial charge on any atom is -0.339 e. The van der Waals surface area contributed by atoms with Gasteiger partial charge in [0.15, 0.2) is 0 Å². The van der Waals surface area contributed by atoms with Crippen LogP contribution in [0.1, 0.15) is 33.1 Å². The van der Waals surface area contributed by atoms with Crippen LogP contribution in [0.25, 0.3) is 0 Å². The third-order valence-electron chi connectivity index (χ3n) is 4.07. The molecule has 3 N–H and O–H groups in total. The predicted octanol–water partition coefficient (Wildman–Crippen LogP) is -0.425. The van der Waals surface area contributed by atoms with Gasteiger partial charge >= 0.3 is 6.03 Å². The Morgan fingerprint density at radius 3 is 2.85 bits per heavy atom. The van der Waals surface area contributed by atoms with Gasteiger partial charge < -0.3 is 15.5 Å². The SMILES string of the molecule is CCC(C)NCC(=O)N1CCCC2(C1)NC(=O)NC2=O. The molecule has 0 radical (unpaired) electrons. The smallest absolute Gasteiger partial charge is 0.322 e. The van der Waals surface area contributed by atoms with Gasteiger partial charge in [0.1, 0.15) is 5.54 Å². The summed E-state index contributed by atoms with van der Waals surface area (Å²) >= 11 is 0. The molecule has 20 heavy (non-hydrogen) atoms. The van der Waals surface area contributed by atoms with Crippen LogP contribution in [0.15, 0.2) is 0 Å². The number of carbonyl (C=O) groups excluding carboxylic acids is 3. The van der Waals surface area contributed by atoms with Crippen LogP contribution in [0.2, 0.25) is 0 Å². The number of hydrogen-bond donors (Lipinski definition) is 3. The monoisotopic (exact) mass is 282 g/mol. The molecule has 4 amide bonds. The largest absolute Gasteiger partial charge is 0.339 e. The fourth-order valence-electron chi connectivity index (χ4n) is 2.60. The Labute approximate surface area is 118 Å². The zero-order valence-electron chi connectivity index (χ0n) is 12.0. The summed E-state index contributed by atoms with van der Waals surface area (Å²) in [6.07, 6.45) is 2.24. The Morgan fingerprint density at radius 1 is 1.50 bits per heavy atom. The highest BCUT2D eigenvalue weighted by Crippen LogP contribution is 2.24. The molecule has 0 aromatic heterocycles. The third kappa shape index (κ3) is 2.92. The molecule has 0 aromatic rings. The van der Waals surface area contributed by atoms with Crippen molar-refractivity contribution in [2.45, 2.75) is 44.7 Å². The number of likely N-dealkylation sites (tertiary alicyclic amines) is 1. The molecule has 2 aliphatic heterocycles. The van der Waals surface area contributed by atoms with Crippen molar-refractivity contribution >= 4 is 17.8 Å². The van der Waals surface area contributed by atoms with Crippen molar-refractivity contribution in [3.63, 3.8) is 0 Å². The van der Waals surface area contributed by atoms with Crippen LogP contribution in [0.3, 0.4) is 0 Å². The summed E-state index contributed by atoms with van der Waals surface area (Å²) < 4.78 is 0. The normalized spacial score (nSPS) is 27.4. The van der Waals surface area contributed by atoms with Crippen molar-refractivity contribution in [2.75, 3.05) is 19.6 Å². The Balaban J connectivity index is 1.95. The Bertz CT molecular complexity index is 426. The number of urea groups is 1. The van der Waals surface area contributed by atoms with Crippen LogP contribution in [-0.4, -0.2) is 54.0 Å². The molecular formula is C13H22N4O3. The van der Waals surface area contributed by atoms with Crippen LogP contribution >= 0.6 is 0 Å². The molecule has 0 aliphatic carbocycles. The summed E-state index contributed by atoms with van der Waals surface area (Å²) in [4.78, 5) is 37.0. The number of rotatable bonds is 4. The van der Waals surface area contributed by atoms with Gasteiger partial charge in [-0.3, -0.25) is 14.9 Å². The summed E-state index contributed by atoms with van der Waals surface area (Å²) in [5.74, 6) is -0.354. The molecule has 2 unspecified atom stereocenters. The fourth-order valence-corrected chi connectivity index (χ4v) is 2.60. The van der Waals surface area contributed by atoms with E-state index in [4.69, 9.17) is 0 Å². The molecule has 7 nitrogen and oxygen atoms in total. The molecule has 7 heteroatoms. The first kappa shape index (κ1) is 14.8. The lowest BCUT2D eigenvalue weighted by atomic mass is 9.89. The molecule has 0 aromatic carbocycles. The summed E-state index contributed by atoms with van der Waals surface area (Å²) in [6, 6.07) is -0.186. The number of nitrogens with zero attached hydrogens (tertiary/aromatic N) is 1. The number of imide groups is 1. The first-order valence-corrected chi connectivity index (χ1v) is 7.11.